The fourth-order valence-corrected chi connectivity index (χ4v) is 4.89. The van der Waals surface area contributed by atoms with Crippen LogP contribution in [0.5, 0.6) is 0 Å². The molecule has 0 fully saturated rings. The maximum absolute atomic E-state index is 12.3. The summed E-state index contributed by atoms with van der Waals surface area (Å²) in [4.78, 5) is 12.3. The zero-order valence-corrected chi connectivity index (χ0v) is 26.1. The smallest absolute Gasteiger partial charge is 0.249 e. The summed E-state index contributed by atoms with van der Waals surface area (Å²) < 4.78 is 0. The van der Waals surface area contributed by atoms with E-state index in [0.717, 1.165) is 38.5 Å². The highest BCUT2D eigenvalue weighted by atomic mass is 16.3. The Bertz CT molecular complexity index is 609. The molecule has 0 aliphatic heterocycles. The quantitative estimate of drug-likeness (QED) is 0.0482. The number of hydrogen-bond acceptors (Lipinski definition) is 5. The van der Waals surface area contributed by atoms with Crippen LogP contribution in [-0.4, -0.2) is 57.3 Å². The first-order valence-electron chi connectivity index (χ1n) is 16.7. The molecule has 5 N–H and O–H groups in total. The summed E-state index contributed by atoms with van der Waals surface area (Å²) in [5.74, 6) is -0.602. The lowest BCUT2D eigenvalue weighted by Gasteiger charge is -2.27. The van der Waals surface area contributed by atoms with Gasteiger partial charge in [0.1, 0.15) is 12.2 Å². The molecule has 0 saturated carbocycles. The first kappa shape index (κ1) is 38.8. The zero-order valence-electron chi connectivity index (χ0n) is 26.1. The molecule has 1 amide bonds. The Morgan fingerprint density at radius 1 is 0.600 bits per heavy atom. The fraction of sp³-hybridized carbons (Fsp3) is 0.853. The summed E-state index contributed by atoms with van der Waals surface area (Å²) in [6, 6.07) is -1.00. The fourth-order valence-electron chi connectivity index (χ4n) is 4.89. The van der Waals surface area contributed by atoms with Crippen LogP contribution in [0.15, 0.2) is 24.3 Å². The minimum atomic E-state index is -1.28. The van der Waals surface area contributed by atoms with Crippen molar-refractivity contribution < 1.29 is 25.2 Å². The number of aliphatic hydroxyl groups excluding tert-OH is 4. The van der Waals surface area contributed by atoms with Crippen molar-refractivity contribution in [3.8, 4) is 0 Å². The van der Waals surface area contributed by atoms with E-state index in [-0.39, 0.29) is 0 Å². The molecule has 0 saturated heterocycles. The summed E-state index contributed by atoms with van der Waals surface area (Å²) in [5.41, 5.74) is 0. The van der Waals surface area contributed by atoms with Crippen molar-refractivity contribution in [2.45, 2.75) is 179 Å². The molecule has 4 atom stereocenters. The van der Waals surface area contributed by atoms with Crippen LogP contribution in [0.3, 0.4) is 0 Å². The Kier molecular flexibility index (Phi) is 28.4. The van der Waals surface area contributed by atoms with Crippen molar-refractivity contribution in [1.82, 2.24) is 5.32 Å². The van der Waals surface area contributed by atoms with E-state index in [9.17, 15) is 25.2 Å². The summed E-state index contributed by atoms with van der Waals surface area (Å²) in [6.07, 6.45) is 29.1. The maximum atomic E-state index is 12.3. The number of rotatable bonds is 29. The van der Waals surface area contributed by atoms with Gasteiger partial charge < -0.3 is 25.7 Å². The van der Waals surface area contributed by atoms with E-state index in [1.54, 1.807) is 0 Å². The van der Waals surface area contributed by atoms with E-state index in [4.69, 9.17) is 0 Å². The maximum Gasteiger partial charge on any atom is 0.249 e. The molecule has 0 aliphatic carbocycles. The summed E-state index contributed by atoms with van der Waals surface area (Å²) in [7, 11) is 0. The van der Waals surface area contributed by atoms with E-state index >= 15 is 0 Å². The molecule has 0 aromatic carbocycles. The average Bonchev–Trinajstić information content (AvgIpc) is 2.96. The van der Waals surface area contributed by atoms with Gasteiger partial charge in [0.2, 0.25) is 5.91 Å². The highest BCUT2D eigenvalue weighted by Crippen LogP contribution is 2.13. The Morgan fingerprint density at radius 2 is 1.05 bits per heavy atom. The second kappa shape index (κ2) is 29.3. The van der Waals surface area contributed by atoms with Gasteiger partial charge in [-0.15, -0.1) is 0 Å². The molecule has 236 valence electrons. The van der Waals surface area contributed by atoms with Gasteiger partial charge in [-0.1, -0.05) is 128 Å². The number of nitrogens with one attached hydrogen (secondary N) is 1. The lowest BCUT2D eigenvalue weighted by atomic mass is 10.00. The van der Waals surface area contributed by atoms with Gasteiger partial charge in [0, 0.05) is 0 Å². The van der Waals surface area contributed by atoms with Gasteiger partial charge in [-0.05, 0) is 51.4 Å². The third-order valence-corrected chi connectivity index (χ3v) is 7.64. The number of carbonyl (C=O) groups excluding carboxylic acids is 1. The SMILES string of the molecule is CCCCCCC/C=C/CC/C=C/CCCC(O)C(O)C(CO)NC(=O)C(O)CCCCCCCCCCCC. The van der Waals surface area contributed by atoms with Crippen molar-refractivity contribution >= 4 is 5.91 Å². The second-order valence-electron chi connectivity index (χ2n) is 11.5. The third kappa shape index (κ3) is 23.5. The van der Waals surface area contributed by atoms with Crippen LogP contribution >= 0.6 is 0 Å². The molecule has 0 bridgehead atoms. The van der Waals surface area contributed by atoms with Gasteiger partial charge in [-0.25, -0.2) is 0 Å². The van der Waals surface area contributed by atoms with E-state index < -0.39 is 36.9 Å². The van der Waals surface area contributed by atoms with Crippen LogP contribution < -0.4 is 5.32 Å². The van der Waals surface area contributed by atoms with Gasteiger partial charge >= 0.3 is 0 Å². The molecule has 6 heteroatoms. The molecule has 0 heterocycles. The highest BCUT2D eigenvalue weighted by molar-refractivity contribution is 5.80. The first-order chi connectivity index (χ1) is 19.5. The normalized spacial score (nSPS) is 15.1. The summed E-state index contributed by atoms with van der Waals surface area (Å²) >= 11 is 0. The molecular formula is C34H65NO5. The zero-order chi connectivity index (χ0) is 29.7. The molecule has 4 unspecified atom stereocenters. The van der Waals surface area contributed by atoms with Crippen molar-refractivity contribution in [3.05, 3.63) is 24.3 Å². The summed E-state index contributed by atoms with van der Waals surface area (Å²) in [5, 5.41) is 43.2. The Morgan fingerprint density at radius 3 is 1.57 bits per heavy atom. The van der Waals surface area contributed by atoms with Gasteiger partial charge in [-0.3, -0.25) is 4.79 Å². The molecule has 0 spiro atoms. The highest BCUT2D eigenvalue weighted by Gasteiger charge is 2.28. The lowest BCUT2D eigenvalue weighted by Crippen LogP contribution is -2.53. The standard InChI is InChI=1S/C34H65NO5/c1-3-5-7-9-11-13-15-16-17-18-20-21-23-25-27-31(37)33(39)30(29-36)35-34(40)32(38)28-26-24-22-19-14-12-10-8-6-4-2/h15-16,20-21,30-33,36-39H,3-14,17-19,22-29H2,1-2H3,(H,35,40)/b16-15+,21-20+. The molecule has 0 aliphatic rings. The number of carbonyl (C=O) groups is 1. The van der Waals surface area contributed by atoms with Crippen LogP contribution in [0.4, 0.5) is 0 Å². The molecule has 40 heavy (non-hydrogen) atoms. The van der Waals surface area contributed by atoms with Crippen LogP contribution in [0, 0.1) is 0 Å². The molecule has 6 nitrogen and oxygen atoms in total. The van der Waals surface area contributed by atoms with Gasteiger partial charge in [0.05, 0.1) is 18.8 Å². The number of hydrogen-bond donors (Lipinski definition) is 5. The van der Waals surface area contributed by atoms with Crippen LogP contribution in [0.1, 0.15) is 155 Å². The van der Waals surface area contributed by atoms with Crippen molar-refractivity contribution in [2.24, 2.45) is 0 Å². The van der Waals surface area contributed by atoms with E-state index in [1.165, 1.54) is 83.5 Å². The van der Waals surface area contributed by atoms with E-state index in [1.807, 2.05) is 0 Å². The van der Waals surface area contributed by atoms with Crippen LogP contribution in [0.25, 0.3) is 0 Å². The van der Waals surface area contributed by atoms with E-state index in [0.29, 0.717) is 19.3 Å². The van der Waals surface area contributed by atoms with Crippen LogP contribution in [0.2, 0.25) is 0 Å². The topological polar surface area (TPSA) is 110 Å². The number of unbranched alkanes of at least 4 members (excludes halogenated alkanes) is 16. The number of allylic oxidation sites excluding steroid dienone is 4. The molecule has 0 aromatic heterocycles. The Hall–Kier alpha value is -1.21. The largest absolute Gasteiger partial charge is 0.394 e. The minimum Gasteiger partial charge on any atom is -0.394 e. The van der Waals surface area contributed by atoms with Gasteiger partial charge in [0.25, 0.3) is 0 Å². The van der Waals surface area contributed by atoms with E-state index in [2.05, 4.69) is 43.5 Å². The molecule has 0 aromatic rings. The average molecular weight is 568 g/mol. The first-order valence-corrected chi connectivity index (χ1v) is 16.7. The van der Waals surface area contributed by atoms with Gasteiger partial charge in [-0.2, -0.15) is 0 Å². The molecular weight excluding hydrogens is 502 g/mol. The van der Waals surface area contributed by atoms with Gasteiger partial charge in [0.15, 0.2) is 0 Å². The minimum absolute atomic E-state index is 0.361. The third-order valence-electron chi connectivity index (χ3n) is 7.64. The lowest BCUT2D eigenvalue weighted by molar-refractivity contribution is -0.132. The molecule has 0 rings (SSSR count). The van der Waals surface area contributed by atoms with Crippen molar-refractivity contribution in [2.75, 3.05) is 6.61 Å². The Balaban J connectivity index is 3.96. The number of aliphatic hydroxyl groups is 4. The summed E-state index contributed by atoms with van der Waals surface area (Å²) in [6.45, 7) is 3.96. The number of amides is 1. The monoisotopic (exact) mass is 567 g/mol. The predicted octanol–water partition coefficient (Wildman–Crippen LogP) is 7.28. The Labute approximate surface area is 246 Å². The van der Waals surface area contributed by atoms with Crippen LogP contribution in [-0.2, 0) is 4.79 Å². The van der Waals surface area contributed by atoms with Crippen molar-refractivity contribution in [1.29, 1.82) is 0 Å². The van der Waals surface area contributed by atoms with Crippen molar-refractivity contribution in [3.63, 3.8) is 0 Å². The predicted molar refractivity (Wildman–Crippen MR) is 168 cm³/mol. The second-order valence-corrected chi connectivity index (χ2v) is 11.5. The molecule has 0 radical (unpaired) electrons.